The third kappa shape index (κ3) is 8.64. The molecule has 0 fully saturated rings. The Morgan fingerprint density at radius 3 is 2.25 bits per heavy atom. The number of aliphatic hydroxyl groups is 1. The van der Waals surface area contributed by atoms with Crippen molar-refractivity contribution in [1.82, 2.24) is 0 Å². The summed E-state index contributed by atoms with van der Waals surface area (Å²) in [6, 6.07) is 0. The normalized spacial score (nSPS) is 15.6. The molecule has 0 aromatic heterocycles. The van der Waals surface area contributed by atoms with Crippen molar-refractivity contribution in [2.24, 2.45) is 5.73 Å². The fourth-order valence-corrected chi connectivity index (χ4v) is 0.938. The maximum absolute atomic E-state index is 11.2. The first kappa shape index (κ1) is 15.3. The van der Waals surface area contributed by atoms with Crippen molar-refractivity contribution in [3.05, 3.63) is 0 Å². The highest BCUT2D eigenvalue weighted by Gasteiger charge is 2.23. The summed E-state index contributed by atoms with van der Waals surface area (Å²) in [5, 5.41) is 9.52. The van der Waals surface area contributed by atoms with Crippen LogP contribution in [0, 0.1) is 0 Å². The van der Waals surface area contributed by atoms with E-state index in [-0.39, 0.29) is 25.2 Å². The van der Waals surface area contributed by atoms with Gasteiger partial charge in [0, 0.05) is 6.54 Å². The molecule has 1 atom stereocenters. The van der Waals surface area contributed by atoms with Crippen molar-refractivity contribution in [2.45, 2.75) is 45.3 Å². The largest absolute Gasteiger partial charge is 0.463 e. The van der Waals surface area contributed by atoms with Gasteiger partial charge in [-0.05, 0) is 27.7 Å². The van der Waals surface area contributed by atoms with Gasteiger partial charge >= 0.3 is 5.97 Å². The molecular formula is C11H23NO4. The van der Waals surface area contributed by atoms with E-state index in [4.69, 9.17) is 15.2 Å². The fourth-order valence-electron chi connectivity index (χ4n) is 0.938. The van der Waals surface area contributed by atoms with Gasteiger partial charge in [-0.3, -0.25) is 4.79 Å². The molecule has 0 rings (SSSR count). The lowest BCUT2D eigenvalue weighted by molar-refractivity contribution is -0.151. The van der Waals surface area contributed by atoms with Crippen LogP contribution in [0.5, 0.6) is 0 Å². The SMILES string of the molecule is CC(O)(CN)CC(=O)OCCOC(C)(C)C. The van der Waals surface area contributed by atoms with Gasteiger partial charge in [0.15, 0.2) is 0 Å². The van der Waals surface area contributed by atoms with Crippen LogP contribution in [0.1, 0.15) is 34.1 Å². The number of esters is 1. The predicted octanol–water partition coefficient (Wildman–Crippen LogP) is 0.444. The highest BCUT2D eigenvalue weighted by molar-refractivity contribution is 5.70. The van der Waals surface area contributed by atoms with E-state index >= 15 is 0 Å². The minimum absolute atomic E-state index is 0.0284. The number of nitrogens with two attached hydrogens (primary N) is 1. The van der Waals surface area contributed by atoms with Gasteiger partial charge in [-0.1, -0.05) is 0 Å². The summed E-state index contributed by atoms with van der Waals surface area (Å²) in [5.41, 5.74) is 3.85. The van der Waals surface area contributed by atoms with Gasteiger partial charge in [0.05, 0.1) is 24.2 Å². The molecule has 0 saturated carbocycles. The Labute approximate surface area is 96.9 Å². The molecule has 0 radical (unpaired) electrons. The van der Waals surface area contributed by atoms with Crippen LogP contribution in [0.15, 0.2) is 0 Å². The number of hydrogen-bond acceptors (Lipinski definition) is 5. The maximum atomic E-state index is 11.2. The van der Waals surface area contributed by atoms with E-state index in [1.807, 2.05) is 20.8 Å². The zero-order valence-electron chi connectivity index (χ0n) is 10.6. The highest BCUT2D eigenvalue weighted by Crippen LogP contribution is 2.09. The van der Waals surface area contributed by atoms with E-state index in [9.17, 15) is 9.90 Å². The Kier molecular flexibility index (Phi) is 5.92. The molecule has 0 aliphatic carbocycles. The Morgan fingerprint density at radius 1 is 1.25 bits per heavy atom. The van der Waals surface area contributed by atoms with E-state index < -0.39 is 11.6 Å². The van der Waals surface area contributed by atoms with Crippen molar-refractivity contribution in [2.75, 3.05) is 19.8 Å². The second kappa shape index (κ2) is 6.18. The van der Waals surface area contributed by atoms with Crippen LogP contribution in [0.2, 0.25) is 0 Å². The monoisotopic (exact) mass is 233 g/mol. The molecule has 0 saturated heterocycles. The molecule has 5 heteroatoms. The molecule has 0 aromatic carbocycles. The predicted molar refractivity (Wildman–Crippen MR) is 61.0 cm³/mol. The van der Waals surface area contributed by atoms with Crippen LogP contribution in [0.3, 0.4) is 0 Å². The summed E-state index contributed by atoms with van der Waals surface area (Å²) in [4.78, 5) is 11.2. The van der Waals surface area contributed by atoms with Crippen molar-refractivity contribution in [3.8, 4) is 0 Å². The van der Waals surface area contributed by atoms with E-state index in [2.05, 4.69) is 0 Å². The molecule has 16 heavy (non-hydrogen) atoms. The molecule has 96 valence electrons. The van der Waals surface area contributed by atoms with Crippen LogP contribution >= 0.6 is 0 Å². The lowest BCUT2D eigenvalue weighted by atomic mass is 10.0. The summed E-state index contributed by atoms with van der Waals surface area (Å²) >= 11 is 0. The van der Waals surface area contributed by atoms with Crippen LogP contribution in [-0.4, -0.2) is 42.0 Å². The smallest absolute Gasteiger partial charge is 0.308 e. The van der Waals surface area contributed by atoms with Crippen molar-refractivity contribution in [1.29, 1.82) is 0 Å². The van der Waals surface area contributed by atoms with Gasteiger partial charge in [-0.15, -0.1) is 0 Å². The Hall–Kier alpha value is -0.650. The topological polar surface area (TPSA) is 81.8 Å². The number of carbonyl (C=O) groups excluding carboxylic acids is 1. The summed E-state index contributed by atoms with van der Waals surface area (Å²) in [7, 11) is 0. The molecule has 0 aromatic rings. The Bertz CT molecular complexity index is 221. The number of ether oxygens (including phenoxy) is 2. The summed E-state index contributed by atoms with van der Waals surface area (Å²) in [5.74, 6) is -0.465. The molecular weight excluding hydrogens is 210 g/mol. The lowest BCUT2D eigenvalue weighted by Crippen LogP contribution is -2.37. The van der Waals surface area contributed by atoms with Gasteiger partial charge in [-0.25, -0.2) is 0 Å². The maximum Gasteiger partial charge on any atom is 0.308 e. The zero-order valence-corrected chi connectivity index (χ0v) is 10.6. The van der Waals surface area contributed by atoms with E-state index in [1.54, 1.807) is 0 Å². The third-order valence-corrected chi connectivity index (χ3v) is 1.85. The molecule has 0 amide bonds. The first-order valence-electron chi connectivity index (χ1n) is 5.38. The summed E-state index contributed by atoms with van der Waals surface area (Å²) in [6.45, 7) is 7.84. The molecule has 0 aliphatic rings. The van der Waals surface area contributed by atoms with Gasteiger partial charge in [-0.2, -0.15) is 0 Å². The Morgan fingerprint density at radius 2 is 1.81 bits per heavy atom. The van der Waals surface area contributed by atoms with Gasteiger partial charge in [0.2, 0.25) is 0 Å². The lowest BCUT2D eigenvalue weighted by Gasteiger charge is -2.21. The van der Waals surface area contributed by atoms with Crippen LogP contribution in [0.25, 0.3) is 0 Å². The van der Waals surface area contributed by atoms with E-state index in [1.165, 1.54) is 6.92 Å². The third-order valence-electron chi connectivity index (χ3n) is 1.85. The summed E-state index contributed by atoms with van der Waals surface area (Å²) in [6.07, 6.45) is -0.0982. The van der Waals surface area contributed by atoms with E-state index in [0.717, 1.165) is 0 Å². The molecule has 0 aliphatic heterocycles. The average Bonchev–Trinajstić information content (AvgIpc) is 2.10. The molecule has 5 nitrogen and oxygen atoms in total. The second-order valence-corrected chi connectivity index (χ2v) is 5.06. The first-order chi connectivity index (χ1) is 7.16. The van der Waals surface area contributed by atoms with Gasteiger partial charge < -0.3 is 20.3 Å². The molecule has 3 N–H and O–H groups in total. The second-order valence-electron chi connectivity index (χ2n) is 5.06. The zero-order chi connectivity index (χ0) is 12.8. The number of hydrogen-bond donors (Lipinski definition) is 2. The standard InChI is InChI=1S/C11H23NO4/c1-10(2,3)16-6-5-15-9(13)7-11(4,14)8-12/h14H,5-8,12H2,1-4H3. The summed E-state index contributed by atoms with van der Waals surface area (Å²) < 4.78 is 10.3. The number of rotatable bonds is 6. The van der Waals surface area contributed by atoms with Crippen LogP contribution < -0.4 is 5.73 Å². The van der Waals surface area contributed by atoms with Gasteiger partial charge in [0.1, 0.15) is 6.61 Å². The minimum Gasteiger partial charge on any atom is -0.463 e. The van der Waals surface area contributed by atoms with Crippen molar-refractivity contribution < 1.29 is 19.4 Å². The number of carbonyl (C=O) groups is 1. The molecule has 0 heterocycles. The first-order valence-corrected chi connectivity index (χ1v) is 5.38. The van der Waals surface area contributed by atoms with Crippen LogP contribution in [-0.2, 0) is 14.3 Å². The minimum atomic E-state index is -1.19. The van der Waals surface area contributed by atoms with Crippen molar-refractivity contribution >= 4 is 5.97 Å². The quantitative estimate of drug-likeness (QED) is 0.514. The van der Waals surface area contributed by atoms with Crippen LogP contribution in [0.4, 0.5) is 0 Å². The molecule has 0 bridgehead atoms. The molecule has 1 unspecified atom stereocenters. The van der Waals surface area contributed by atoms with Crippen molar-refractivity contribution in [3.63, 3.8) is 0 Å². The van der Waals surface area contributed by atoms with Gasteiger partial charge in [0.25, 0.3) is 0 Å². The fraction of sp³-hybridized carbons (Fsp3) is 0.909. The van der Waals surface area contributed by atoms with E-state index in [0.29, 0.717) is 6.61 Å². The Balaban J connectivity index is 3.67. The highest BCUT2D eigenvalue weighted by atomic mass is 16.6. The average molecular weight is 233 g/mol. The molecule has 0 spiro atoms.